The molecule has 7 heteroatoms. The summed E-state index contributed by atoms with van der Waals surface area (Å²) in [6.07, 6.45) is 0.985. The molecule has 0 unspecified atom stereocenters. The summed E-state index contributed by atoms with van der Waals surface area (Å²) in [5.74, 6) is 0.0706. The largest absolute Gasteiger partial charge is 0.350 e. The second-order valence-electron chi connectivity index (χ2n) is 6.51. The molecule has 1 aliphatic heterocycles. The predicted octanol–water partition coefficient (Wildman–Crippen LogP) is 2.75. The van der Waals surface area contributed by atoms with Gasteiger partial charge in [-0.05, 0) is 36.8 Å². The lowest BCUT2D eigenvalue weighted by molar-refractivity contribution is -0.128. The van der Waals surface area contributed by atoms with Crippen molar-refractivity contribution in [2.75, 3.05) is 18.8 Å². The molecule has 3 rings (SSSR count). The average Bonchev–Trinajstić information content (AvgIpc) is 3.20. The fourth-order valence-electron chi connectivity index (χ4n) is 3.48. The zero-order valence-corrected chi connectivity index (χ0v) is 16.5. The summed E-state index contributed by atoms with van der Waals surface area (Å²) in [5, 5.41) is 5.05. The third kappa shape index (κ3) is 3.84. The van der Waals surface area contributed by atoms with Crippen LogP contribution >= 0.6 is 11.3 Å². The van der Waals surface area contributed by atoms with Crippen LogP contribution < -0.4 is 5.32 Å². The Balaban J connectivity index is 1.81. The number of rotatable bonds is 6. The molecule has 2 aromatic rings. The number of carbonyl (C=O) groups is 1. The molecule has 1 N–H and O–H groups in total. The number of thiophene rings is 1. The van der Waals surface area contributed by atoms with Gasteiger partial charge in [-0.2, -0.15) is 0 Å². The molecule has 0 aliphatic carbocycles. The summed E-state index contributed by atoms with van der Waals surface area (Å²) in [6.45, 7) is 2.90. The molecule has 1 saturated heterocycles. The van der Waals surface area contributed by atoms with E-state index in [1.807, 2.05) is 47.8 Å². The summed E-state index contributed by atoms with van der Waals surface area (Å²) in [5.41, 5.74) is 0.274. The van der Waals surface area contributed by atoms with Gasteiger partial charge >= 0.3 is 0 Å². The van der Waals surface area contributed by atoms with E-state index in [1.54, 1.807) is 18.3 Å². The number of hydrogen-bond acceptors (Lipinski definition) is 4. The molecule has 5 nitrogen and oxygen atoms in total. The smallest absolute Gasteiger partial charge is 0.231 e. The van der Waals surface area contributed by atoms with Gasteiger partial charge in [0.2, 0.25) is 15.9 Å². The Morgan fingerprint density at radius 3 is 2.42 bits per heavy atom. The first kappa shape index (κ1) is 19.1. The van der Waals surface area contributed by atoms with Crippen LogP contribution in [0.2, 0.25) is 0 Å². The molecule has 26 heavy (non-hydrogen) atoms. The first-order valence-corrected chi connectivity index (χ1v) is 11.3. The summed E-state index contributed by atoms with van der Waals surface area (Å²) >= 11 is 1.61. The van der Waals surface area contributed by atoms with Crippen molar-refractivity contribution in [3.8, 4) is 0 Å². The highest BCUT2D eigenvalue weighted by Crippen LogP contribution is 2.36. The number of nitrogens with zero attached hydrogens (tertiary/aromatic N) is 1. The quantitative estimate of drug-likeness (QED) is 0.822. The Kier molecular flexibility index (Phi) is 5.79. The summed E-state index contributed by atoms with van der Waals surface area (Å²) < 4.78 is 25.9. The van der Waals surface area contributed by atoms with E-state index in [2.05, 4.69) is 5.32 Å². The average molecular weight is 393 g/mol. The Morgan fingerprint density at radius 1 is 1.15 bits per heavy atom. The van der Waals surface area contributed by atoms with Gasteiger partial charge in [-0.15, -0.1) is 11.3 Å². The van der Waals surface area contributed by atoms with Crippen LogP contribution in [0.1, 0.15) is 30.2 Å². The Labute approximate surface area is 159 Å². The van der Waals surface area contributed by atoms with Gasteiger partial charge < -0.3 is 5.32 Å². The number of carbonyl (C=O) groups excluding carboxylic acids is 1. The molecule has 2 heterocycles. The Morgan fingerprint density at radius 2 is 1.85 bits per heavy atom. The van der Waals surface area contributed by atoms with Crippen LogP contribution in [0.15, 0.2) is 47.8 Å². The van der Waals surface area contributed by atoms with E-state index in [0.29, 0.717) is 32.5 Å². The van der Waals surface area contributed by atoms with Crippen LogP contribution in [0, 0.1) is 0 Å². The van der Waals surface area contributed by atoms with Crippen molar-refractivity contribution in [3.63, 3.8) is 0 Å². The third-order valence-corrected chi connectivity index (χ3v) is 7.86. The lowest BCUT2D eigenvalue weighted by Crippen LogP contribution is -2.52. The number of nitrogens with one attached hydrogen (secondary N) is 1. The minimum Gasteiger partial charge on any atom is -0.350 e. The van der Waals surface area contributed by atoms with Crippen molar-refractivity contribution in [3.05, 3.63) is 58.3 Å². The van der Waals surface area contributed by atoms with Crippen LogP contribution in [0.25, 0.3) is 0 Å². The minimum atomic E-state index is -3.22. The van der Waals surface area contributed by atoms with Gasteiger partial charge in [-0.1, -0.05) is 36.4 Å². The normalized spacial score (nSPS) is 17.7. The zero-order chi connectivity index (χ0) is 18.6. The maximum atomic E-state index is 13.2. The van der Waals surface area contributed by atoms with Gasteiger partial charge in [-0.3, -0.25) is 4.79 Å². The molecule has 1 fully saturated rings. The minimum absolute atomic E-state index is 0.0225. The molecular formula is C19H24N2O3S2. The van der Waals surface area contributed by atoms with Crippen molar-refractivity contribution in [1.29, 1.82) is 0 Å². The predicted molar refractivity (Wildman–Crippen MR) is 105 cm³/mol. The second-order valence-corrected chi connectivity index (χ2v) is 9.80. The van der Waals surface area contributed by atoms with Crippen LogP contribution in [-0.2, 0) is 26.8 Å². The van der Waals surface area contributed by atoms with Crippen LogP contribution in [0.5, 0.6) is 0 Å². The van der Waals surface area contributed by atoms with Gasteiger partial charge in [0.1, 0.15) is 0 Å². The highest BCUT2D eigenvalue weighted by molar-refractivity contribution is 7.89. The maximum absolute atomic E-state index is 13.2. The lowest BCUT2D eigenvalue weighted by Gasteiger charge is -2.40. The lowest BCUT2D eigenvalue weighted by atomic mass is 9.72. The second kappa shape index (κ2) is 7.90. The van der Waals surface area contributed by atoms with Crippen molar-refractivity contribution in [2.24, 2.45) is 0 Å². The Hall–Kier alpha value is -1.70. The number of amides is 1. The highest BCUT2D eigenvalue weighted by atomic mass is 32.2. The van der Waals surface area contributed by atoms with Gasteiger partial charge in [0.15, 0.2) is 0 Å². The molecule has 1 aromatic heterocycles. The van der Waals surface area contributed by atoms with Crippen molar-refractivity contribution >= 4 is 27.3 Å². The van der Waals surface area contributed by atoms with E-state index in [0.717, 1.165) is 10.4 Å². The van der Waals surface area contributed by atoms with Crippen LogP contribution in [0.4, 0.5) is 0 Å². The highest BCUT2D eigenvalue weighted by Gasteiger charge is 2.44. The molecule has 0 spiro atoms. The summed E-state index contributed by atoms with van der Waals surface area (Å²) in [7, 11) is -3.22. The topological polar surface area (TPSA) is 66.5 Å². The van der Waals surface area contributed by atoms with E-state index < -0.39 is 15.4 Å². The van der Waals surface area contributed by atoms with Gasteiger partial charge in [0, 0.05) is 18.0 Å². The molecule has 1 aromatic carbocycles. The van der Waals surface area contributed by atoms with E-state index in [4.69, 9.17) is 0 Å². The number of piperidine rings is 1. The molecular weight excluding hydrogens is 368 g/mol. The first-order chi connectivity index (χ1) is 12.5. The van der Waals surface area contributed by atoms with Crippen molar-refractivity contribution in [1.82, 2.24) is 9.62 Å². The van der Waals surface area contributed by atoms with Crippen molar-refractivity contribution in [2.45, 2.75) is 31.7 Å². The van der Waals surface area contributed by atoms with E-state index >= 15 is 0 Å². The molecule has 0 bridgehead atoms. The SMILES string of the molecule is CCS(=O)(=O)N1CCC(C(=O)NCc2cccs2)(c2ccccc2)CC1. The standard InChI is InChI=1S/C19H24N2O3S2/c1-2-26(23,24)21-12-10-19(11-13-21,16-7-4-3-5-8-16)18(22)20-15-17-9-6-14-25-17/h3-9,14H,2,10-13,15H2,1H3,(H,20,22). The Bertz CT molecular complexity index is 825. The summed E-state index contributed by atoms with van der Waals surface area (Å²) in [6, 6.07) is 13.7. The fourth-order valence-corrected chi connectivity index (χ4v) is 5.23. The molecule has 1 aliphatic rings. The monoisotopic (exact) mass is 392 g/mol. The van der Waals surface area contributed by atoms with Gasteiger partial charge in [0.25, 0.3) is 0 Å². The van der Waals surface area contributed by atoms with Gasteiger partial charge in [-0.25, -0.2) is 12.7 Å². The molecule has 0 atom stereocenters. The van der Waals surface area contributed by atoms with Crippen LogP contribution in [-0.4, -0.2) is 37.5 Å². The zero-order valence-electron chi connectivity index (χ0n) is 14.8. The van der Waals surface area contributed by atoms with E-state index in [9.17, 15) is 13.2 Å². The molecule has 140 valence electrons. The van der Waals surface area contributed by atoms with Crippen LogP contribution in [0.3, 0.4) is 0 Å². The fraction of sp³-hybridized carbons (Fsp3) is 0.421. The number of hydrogen-bond donors (Lipinski definition) is 1. The van der Waals surface area contributed by atoms with Gasteiger partial charge in [0.05, 0.1) is 17.7 Å². The molecule has 0 radical (unpaired) electrons. The maximum Gasteiger partial charge on any atom is 0.231 e. The van der Waals surface area contributed by atoms with E-state index in [1.165, 1.54) is 4.31 Å². The molecule has 1 amide bonds. The summed E-state index contributed by atoms with van der Waals surface area (Å²) in [4.78, 5) is 14.3. The third-order valence-electron chi connectivity index (χ3n) is 5.10. The number of benzene rings is 1. The number of sulfonamides is 1. The van der Waals surface area contributed by atoms with E-state index in [-0.39, 0.29) is 11.7 Å². The molecule has 0 saturated carbocycles. The first-order valence-electron chi connectivity index (χ1n) is 8.82. The van der Waals surface area contributed by atoms with Crippen molar-refractivity contribution < 1.29 is 13.2 Å².